The van der Waals surface area contributed by atoms with E-state index in [0.717, 1.165) is 44.9 Å². The molecule has 10 heteroatoms. The van der Waals surface area contributed by atoms with Gasteiger partial charge in [0, 0.05) is 11.5 Å². The second-order valence-corrected chi connectivity index (χ2v) is 13.5. The summed E-state index contributed by atoms with van der Waals surface area (Å²) in [6, 6.07) is 5.55. The first kappa shape index (κ1) is 36.8. The molecular weight excluding hydrogens is 607 g/mol. The summed E-state index contributed by atoms with van der Waals surface area (Å²) in [6.07, 6.45) is 24.6. The van der Waals surface area contributed by atoms with Crippen LogP contribution in [-0.2, 0) is 25.0 Å². The molecule has 0 radical (unpaired) electrons. The number of amides is 2. The van der Waals surface area contributed by atoms with Crippen LogP contribution in [0.1, 0.15) is 96.0 Å². The number of benzene rings is 1. The molecule has 2 rings (SSSR count). The molecule has 0 saturated heterocycles. The molecule has 3 atom stereocenters. The van der Waals surface area contributed by atoms with E-state index < -0.39 is 32.6 Å². The molecule has 0 spiro atoms. The number of aliphatic hydroxyl groups is 1. The van der Waals surface area contributed by atoms with Crippen molar-refractivity contribution < 1.29 is 23.1 Å². The van der Waals surface area contributed by atoms with Crippen LogP contribution in [0.15, 0.2) is 76.7 Å². The molecule has 2 amide bonds. The summed E-state index contributed by atoms with van der Waals surface area (Å²) in [7, 11) is -4.08. The number of alkyl halides is 1. The van der Waals surface area contributed by atoms with Gasteiger partial charge in [-0.1, -0.05) is 93.1 Å². The third-order valence-corrected chi connectivity index (χ3v) is 9.55. The van der Waals surface area contributed by atoms with Gasteiger partial charge in [-0.15, -0.1) is 11.6 Å². The molecule has 0 saturated carbocycles. The van der Waals surface area contributed by atoms with Crippen molar-refractivity contribution in [3.8, 4) is 0 Å². The third-order valence-electron chi connectivity index (χ3n) is 7.44. The molecule has 238 valence electrons. The molecule has 43 heavy (non-hydrogen) atoms. The number of nitrogens with two attached hydrogens (primary N) is 1. The quantitative estimate of drug-likeness (QED) is 0.0788. The summed E-state index contributed by atoms with van der Waals surface area (Å²) in [5.74, 6) is -1.27. The molecule has 1 aliphatic rings. The van der Waals surface area contributed by atoms with Gasteiger partial charge in [0.15, 0.2) is 0 Å². The van der Waals surface area contributed by atoms with Gasteiger partial charge in [0.05, 0.1) is 16.4 Å². The highest BCUT2D eigenvalue weighted by atomic mass is 35.5. The Labute approximate surface area is 267 Å². The van der Waals surface area contributed by atoms with Gasteiger partial charge in [0.1, 0.15) is 5.41 Å². The molecular formula is C33H46Cl2N2O5S. The second-order valence-electron chi connectivity index (χ2n) is 10.9. The lowest BCUT2D eigenvalue weighted by Gasteiger charge is -2.33. The maximum atomic E-state index is 12.7. The summed E-state index contributed by atoms with van der Waals surface area (Å²) >= 11 is 12.4. The van der Waals surface area contributed by atoms with Crippen LogP contribution >= 0.6 is 23.2 Å². The van der Waals surface area contributed by atoms with Gasteiger partial charge in [-0.2, -0.15) is 0 Å². The standard InChI is InChI=1S/C33H46Cl2N2O5S/c1-2-3-16-28(38)17-14-12-10-8-6-4-5-7-9-11-13-15-18-31(39)37-43(41,42)29-21-19-26(20-22-29)33(32(36)40)24-23-27(34)25-30(33)35/h9,11,14,17,19-25,28,30,38H,2-8,10,12-13,15-16,18H2,1H3,(H2,36,40)(H,37,39)/b11-9-,17-14-/t28-,30?,33?/m1/s1. The Morgan fingerprint density at radius 1 is 1.00 bits per heavy atom. The monoisotopic (exact) mass is 652 g/mol. The zero-order chi connectivity index (χ0) is 31.7. The topological polar surface area (TPSA) is 127 Å². The van der Waals surface area contributed by atoms with Gasteiger partial charge in [-0.25, -0.2) is 13.1 Å². The summed E-state index contributed by atoms with van der Waals surface area (Å²) in [4.78, 5) is 24.5. The lowest BCUT2D eigenvalue weighted by atomic mass is 9.74. The highest BCUT2D eigenvalue weighted by Crippen LogP contribution is 2.38. The van der Waals surface area contributed by atoms with Crippen molar-refractivity contribution in [1.29, 1.82) is 0 Å². The van der Waals surface area contributed by atoms with Crippen LogP contribution in [0.2, 0.25) is 0 Å². The van der Waals surface area contributed by atoms with Gasteiger partial charge in [-0.3, -0.25) is 9.59 Å². The van der Waals surface area contributed by atoms with E-state index in [1.54, 1.807) is 0 Å². The molecule has 0 heterocycles. The minimum absolute atomic E-state index is 0.0856. The maximum Gasteiger partial charge on any atom is 0.264 e. The first-order chi connectivity index (χ1) is 20.5. The van der Waals surface area contributed by atoms with Gasteiger partial charge in [0.2, 0.25) is 11.8 Å². The fourth-order valence-electron chi connectivity index (χ4n) is 4.85. The van der Waals surface area contributed by atoms with E-state index in [4.69, 9.17) is 28.9 Å². The summed E-state index contributed by atoms with van der Waals surface area (Å²) in [5, 5.41) is 9.31. The van der Waals surface area contributed by atoms with Crippen LogP contribution in [0, 0.1) is 0 Å². The second kappa shape index (κ2) is 19.1. The predicted octanol–water partition coefficient (Wildman–Crippen LogP) is 7.08. The number of hydrogen-bond donors (Lipinski definition) is 3. The Hall–Kier alpha value is -2.39. The first-order valence-corrected chi connectivity index (χ1v) is 17.5. The molecule has 7 nitrogen and oxygen atoms in total. The predicted molar refractivity (Wildman–Crippen MR) is 175 cm³/mol. The lowest BCUT2D eigenvalue weighted by Crippen LogP contribution is -2.47. The number of aliphatic hydroxyl groups excluding tert-OH is 1. The molecule has 1 aliphatic carbocycles. The number of carbonyl (C=O) groups excluding carboxylic acids is 2. The maximum absolute atomic E-state index is 12.7. The number of rotatable bonds is 20. The van der Waals surface area contributed by atoms with Crippen LogP contribution in [-0.4, -0.2) is 36.8 Å². The Kier molecular flexibility index (Phi) is 16.3. The van der Waals surface area contributed by atoms with Crippen molar-refractivity contribution in [3.05, 3.63) is 77.4 Å². The van der Waals surface area contributed by atoms with Crippen molar-refractivity contribution in [3.63, 3.8) is 0 Å². The fourth-order valence-corrected chi connectivity index (χ4v) is 6.56. The Morgan fingerprint density at radius 2 is 1.60 bits per heavy atom. The molecule has 1 aromatic carbocycles. The number of nitrogens with one attached hydrogen (secondary N) is 1. The molecule has 4 N–H and O–H groups in total. The number of sulfonamides is 1. The zero-order valence-corrected chi connectivity index (χ0v) is 27.3. The van der Waals surface area contributed by atoms with E-state index in [-0.39, 0.29) is 17.4 Å². The minimum atomic E-state index is -4.08. The van der Waals surface area contributed by atoms with Crippen molar-refractivity contribution in [2.75, 3.05) is 0 Å². The van der Waals surface area contributed by atoms with E-state index >= 15 is 0 Å². The van der Waals surface area contributed by atoms with E-state index in [0.29, 0.717) is 23.4 Å². The van der Waals surface area contributed by atoms with Crippen molar-refractivity contribution in [2.24, 2.45) is 5.73 Å². The SMILES string of the molecule is CCCC[C@@H](O)/C=C\CCCCCCC/C=C\CCCC(=O)NS(=O)(=O)c1ccc(C2(C(N)=O)C=CC(Cl)=CC2Cl)cc1. The minimum Gasteiger partial charge on any atom is -0.389 e. The molecule has 0 fully saturated rings. The zero-order valence-electron chi connectivity index (χ0n) is 25.0. The van der Waals surface area contributed by atoms with Crippen LogP contribution in [0.3, 0.4) is 0 Å². The Bertz CT molecular complexity index is 1260. The fraction of sp³-hybridized carbons (Fsp3) is 0.515. The number of allylic oxidation sites excluding steroid dienone is 6. The van der Waals surface area contributed by atoms with Crippen molar-refractivity contribution in [2.45, 2.75) is 112 Å². The largest absolute Gasteiger partial charge is 0.389 e. The number of carbonyl (C=O) groups is 2. The molecule has 0 aliphatic heterocycles. The number of hydrogen-bond acceptors (Lipinski definition) is 5. The van der Waals surface area contributed by atoms with Crippen LogP contribution < -0.4 is 10.5 Å². The number of primary amides is 1. The normalized spacial score (nSPS) is 19.5. The van der Waals surface area contributed by atoms with Gasteiger partial charge in [-0.05, 0) is 74.8 Å². The Morgan fingerprint density at radius 3 is 2.21 bits per heavy atom. The smallest absolute Gasteiger partial charge is 0.264 e. The average molecular weight is 654 g/mol. The highest BCUT2D eigenvalue weighted by Gasteiger charge is 2.44. The summed E-state index contributed by atoms with van der Waals surface area (Å²) in [6.45, 7) is 2.13. The molecule has 0 bridgehead atoms. The Balaban J connectivity index is 1.65. The van der Waals surface area contributed by atoms with Crippen LogP contribution in [0.4, 0.5) is 0 Å². The van der Waals surface area contributed by atoms with Crippen LogP contribution in [0.25, 0.3) is 0 Å². The van der Waals surface area contributed by atoms with Gasteiger partial charge >= 0.3 is 0 Å². The first-order valence-electron chi connectivity index (χ1n) is 15.2. The van der Waals surface area contributed by atoms with Gasteiger partial charge in [0.25, 0.3) is 10.0 Å². The molecule has 2 unspecified atom stereocenters. The van der Waals surface area contributed by atoms with Crippen molar-refractivity contribution >= 4 is 45.0 Å². The third kappa shape index (κ3) is 12.3. The number of unbranched alkanes of at least 4 members (excludes halogenated alkanes) is 8. The van der Waals surface area contributed by atoms with Crippen molar-refractivity contribution in [1.82, 2.24) is 4.72 Å². The lowest BCUT2D eigenvalue weighted by molar-refractivity contribution is -0.122. The van der Waals surface area contributed by atoms with Crippen LogP contribution in [0.5, 0.6) is 0 Å². The average Bonchev–Trinajstić information content (AvgIpc) is 2.96. The summed E-state index contributed by atoms with van der Waals surface area (Å²) < 4.78 is 27.6. The molecule has 0 aromatic heterocycles. The van der Waals surface area contributed by atoms with E-state index in [1.165, 1.54) is 61.8 Å². The highest BCUT2D eigenvalue weighted by molar-refractivity contribution is 7.90. The summed E-state index contributed by atoms with van der Waals surface area (Å²) in [5.41, 5.74) is 4.70. The van der Waals surface area contributed by atoms with E-state index in [2.05, 4.69) is 23.8 Å². The van der Waals surface area contributed by atoms with Gasteiger partial charge < -0.3 is 10.8 Å². The van der Waals surface area contributed by atoms with E-state index in [9.17, 15) is 23.1 Å². The number of halogens is 2. The van der Waals surface area contributed by atoms with E-state index in [1.807, 2.05) is 12.2 Å². The molecule has 1 aromatic rings.